The molecule has 166 valence electrons. The van der Waals surface area contributed by atoms with Gasteiger partial charge in [-0.25, -0.2) is 0 Å². The first-order valence-corrected chi connectivity index (χ1v) is 10.9. The van der Waals surface area contributed by atoms with Crippen LogP contribution in [0.5, 0.6) is 23.0 Å². The molecule has 0 spiro atoms. The molecule has 0 aliphatic rings. The van der Waals surface area contributed by atoms with Crippen molar-refractivity contribution in [3.8, 4) is 34.1 Å². The van der Waals surface area contributed by atoms with E-state index in [0.717, 1.165) is 0 Å². The molecule has 0 aliphatic carbocycles. The van der Waals surface area contributed by atoms with Gasteiger partial charge in [0.15, 0.2) is 0 Å². The smallest absolute Gasteiger partial charge is 0.127 e. The van der Waals surface area contributed by atoms with Crippen LogP contribution in [0.1, 0.15) is 39.2 Å². The molecule has 0 aromatic heterocycles. The van der Waals surface area contributed by atoms with Gasteiger partial charge in [-0.05, 0) is 71.1 Å². The fraction of sp³-hybridized carbons (Fsp3) is 0.172. The lowest BCUT2D eigenvalue weighted by atomic mass is 9.99. The van der Waals surface area contributed by atoms with E-state index in [9.17, 15) is 0 Å². The van der Waals surface area contributed by atoms with Gasteiger partial charge in [0.25, 0.3) is 0 Å². The molecule has 0 amide bonds. The highest BCUT2D eigenvalue weighted by molar-refractivity contribution is 5.63. The van der Waals surface area contributed by atoms with E-state index in [0.29, 0.717) is 17.4 Å². The van der Waals surface area contributed by atoms with Crippen LogP contribution in [0.4, 0.5) is 0 Å². The maximum Gasteiger partial charge on any atom is 0.127 e. The van der Waals surface area contributed by atoms with Crippen LogP contribution in [-0.4, -0.2) is 10.2 Å². The van der Waals surface area contributed by atoms with Crippen molar-refractivity contribution in [1.82, 2.24) is 0 Å². The molecule has 4 aromatic rings. The molecule has 0 unspecified atom stereocenters. The van der Waals surface area contributed by atoms with Gasteiger partial charge in [-0.15, -0.1) is 0 Å². The Bertz CT molecular complexity index is 977. The van der Waals surface area contributed by atoms with E-state index >= 15 is 0 Å². The van der Waals surface area contributed by atoms with Crippen molar-refractivity contribution in [2.75, 3.05) is 0 Å². The first-order chi connectivity index (χ1) is 15.5. The fourth-order valence-corrected chi connectivity index (χ4v) is 2.86. The van der Waals surface area contributed by atoms with E-state index in [2.05, 4.69) is 62.4 Å². The third kappa shape index (κ3) is 7.84. The molecule has 0 heterocycles. The van der Waals surface area contributed by atoms with Crippen LogP contribution in [0.2, 0.25) is 0 Å². The lowest BCUT2D eigenvalue weighted by molar-refractivity contribution is 0.459. The zero-order valence-corrected chi connectivity index (χ0v) is 19.2. The Hall–Kier alpha value is -3.72. The number of phenols is 2. The molecular formula is C29H32O3. The van der Waals surface area contributed by atoms with E-state index in [4.69, 9.17) is 14.9 Å². The normalized spacial score (nSPS) is 9.78. The van der Waals surface area contributed by atoms with Gasteiger partial charge < -0.3 is 14.9 Å². The quantitative estimate of drug-likeness (QED) is 0.343. The summed E-state index contributed by atoms with van der Waals surface area (Å²) in [6.45, 7) is 8.44. The SMILES string of the molecule is CC.CC(C)c1ccc(-c2ccccc2)cc1.Oc1ccc(Oc2ccc(O)cc2)cc1. The molecule has 0 fully saturated rings. The van der Waals surface area contributed by atoms with Crippen LogP contribution >= 0.6 is 0 Å². The van der Waals surface area contributed by atoms with Crippen LogP contribution in [0.3, 0.4) is 0 Å². The van der Waals surface area contributed by atoms with Crippen LogP contribution in [0.25, 0.3) is 11.1 Å². The highest BCUT2D eigenvalue weighted by atomic mass is 16.5. The Morgan fingerprint density at radius 2 is 0.938 bits per heavy atom. The largest absolute Gasteiger partial charge is 0.508 e. The van der Waals surface area contributed by atoms with Crippen molar-refractivity contribution in [2.24, 2.45) is 0 Å². The van der Waals surface area contributed by atoms with Gasteiger partial charge in [0, 0.05) is 0 Å². The average Bonchev–Trinajstić information content (AvgIpc) is 2.84. The van der Waals surface area contributed by atoms with Crippen LogP contribution in [-0.2, 0) is 0 Å². The lowest BCUT2D eigenvalue weighted by Crippen LogP contribution is -1.86. The number of phenolic OH excluding ortho intramolecular Hbond substituents is 2. The predicted molar refractivity (Wildman–Crippen MR) is 134 cm³/mol. The Labute approximate surface area is 191 Å². The van der Waals surface area contributed by atoms with E-state index in [-0.39, 0.29) is 11.5 Å². The van der Waals surface area contributed by atoms with Crippen molar-refractivity contribution < 1.29 is 14.9 Å². The molecule has 2 N–H and O–H groups in total. The monoisotopic (exact) mass is 428 g/mol. The number of benzene rings is 4. The zero-order chi connectivity index (χ0) is 23.3. The summed E-state index contributed by atoms with van der Waals surface area (Å²) < 4.78 is 5.47. The molecule has 0 saturated carbocycles. The van der Waals surface area contributed by atoms with Gasteiger partial charge >= 0.3 is 0 Å². The number of hydrogen-bond acceptors (Lipinski definition) is 3. The average molecular weight is 429 g/mol. The molecule has 4 aromatic carbocycles. The van der Waals surface area contributed by atoms with Gasteiger partial charge in [0.05, 0.1) is 0 Å². The Morgan fingerprint density at radius 3 is 1.34 bits per heavy atom. The number of rotatable bonds is 4. The van der Waals surface area contributed by atoms with E-state index in [1.165, 1.54) is 16.7 Å². The molecule has 0 bridgehead atoms. The second kappa shape index (κ2) is 12.9. The molecule has 4 rings (SSSR count). The standard InChI is InChI=1S/C15H16.C12H10O3.C2H6/c1-12(2)13-8-10-15(11-9-13)14-6-4-3-5-7-14;13-9-1-5-11(6-2-9)15-12-7-3-10(14)4-8-12;1-2/h3-12H,1-2H3;1-8,13-14H;1-2H3. The lowest BCUT2D eigenvalue weighted by Gasteiger charge is -2.06. The Morgan fingerprint density at radius 1 is 0.531 bits per heavy atom. The number of ether oxygens (including phenoxy) is 1. The second-order valence-electron chi connectivity index (χ2n) is 7.23. The summed E-state index contributed by atoms with van der Waals surface area (Å²) in [5, 5.41) is 18.1. The molecular weight excluding hydrogens is 396 g/mol. The summed E-state index contributed by atoms with van der Waals surface area (Å²) >= 11 is 0. The molecule has 3 nitrogen and oxygen atoms in total. The number of aromatic hydroxyl groups is 2. The van der Waals surface area contributed by atoms with E-state index in [1.54, 1.807) is 48.5 Å². The molecule has 0 radical (unpaired) electrons. The minimum absolute atomic E-state index is 0.202. The van der Waals surface area contributed by atoms with Gasteiger partial charge in [-0.1, -0.05) is 82.3 Å². The Balaban J connectivity index is 0.000000211. The minimum atomic E-state index is 0.202. The van der Waals surface area contributed by atoms with Crippen LogP contribution in [0.15, 0.2) is 103 Å². The van der Waals surface area contributed by atoms with Crippen molar-refractivity contribution in [1.29, 1.82) is 0 Å². The summed E-state index contributed by atoms with van der Waals surface area (Å²) in [4.78, 5) is 0. The van der Waals surface area contributed by atoms with Crippen molar-refractivity contribution in [2.45, 2.75) is 33.6 Å². The van der Waals surface area contributed by atoms with Crippen LogP contribution < -0.4 is 4.74 Å². The van der Waals surface area contributed by atoms with Gasteiger partial charge in [-0.3, -0.25) is 0 Å². The summed E-state index contributed by atoms with van der Waals surface area (Å²) in [7, 11) is 0. The first-order valence-electron chi connectivity index (χ1n) is 10.9. The minimum Gasteiger partial charge on any atom is -0.508 e. The molecule has 0 saturated heterocycles. The van der Waals surface area contributed by atoms with Gasteiger partial charge in [0.1, 0.15) is 23.0 Å². The van der Waals surface area contributed by atoms with Crippen LogP contribution in [0, 0.1) is 0 Å². The van der Waals surface area contributed by atoms with E-state index < -0.39 is 0 Å². The van der Waals surface area contributed by atoms with Crippen molar-refractivity contribution in [3.05, 3.63) is 109 Å². The second-order valence-corrected chi connectivity index (χ2v) is 7.23. The van der Waals surface area contributed by atoms with Gasteiger partial charge in [0.2, 0.25) is 0 Å². The fourth-order valence-electron chi connectivity index (χ4n) is 2.86. The molecule has 32 heavy (non-hydrogen) atoms. The highest BCUT2D eigenvalue weighted by Crippen LogP contribution is 2.25. The third-order valence-corrected chi connectivity index (χ3v) is 4.59. The predicted octanol–water partition coefficient (Wildman–Crippen LogP) is 8.39. The van der Waals surface area contributed by atoms with Crippen molar-refractivity contribution in [3.63, 3.8) is 0 Å². The molecule has 0 atom stereocenters. The van der Waals surface area contributed by atoms with Gasteiger partial charge in [-0.2, -0.15) is 0 Å². The third-order valence-electron chi connectivity index (χ3n) is 4.59. The maximum absolute atomic E-state index is 9.07. The summed E-state index contributed by atoms with van der Waals surface area (Å²) in [6, 6.07) is 32.2. The maximum atomic E-state index is 9.07. The van der Waals surface area contributed by atoms with E-state index in [1.807, 2.05) is 19.9 Å². The first kappa shape index (κ1) is 24.5. The topological polar surface area (TPSA) is 49.7 Å². The summed E-state index contributed by atoms with van der Waals surface area (Å²) in [5.41, 5.74) is 3.97. The zero-order valence-electron chi connectivity index (χ0n) is 19.2. The molecule has 3 heteroatoms. The highest BCUT2D eigenvalue weighted by Gasteiger charge is 2.00. The summed E-state index contributed by atoms with van der Waals surface area (Å²) in [6.07, 6.45) is 0. The number of hydrogen-bond donors (Lipinski definition) is 2. The Kier molecular flexibility index (Phi) is 9.86. The van der Waals surface area contributed by atoms with Crippen molar-refractivity contribution >= 4 is 0 Å². The molecule has 0 aliphatic heterocycles. The summed E-state index contributed by atoms with van der Waals surface area (Å²) in [5.74, 6) is 2.29.